The molecular weight excluding hydrogens is 659 g/mol. The molecule has 0 N–H and O–H groups in total. The fraction of sp³-hybridized carbons (Fsp3) is 0.412. The second-order valence-corrected chi connectivity index (χ2v) is 21.2. The highest BCUT2D eigenvalue weighted by molar-refractivity contribution is 7.99. The quantitative estimate of drug-likeness (QED) is 0.183. The Morgan fingerprint density at radius 2 is 1.13 bits per heavy atom. The number of hydrogen-bond acceptors (Lipinski definition) is 2. The molecule has 12 rings (SSSR count). The zero-order chi connectivity index (χ0) is 35.9. The number of anilines is 3. The maximum absolute atomic E-state index is 2.69. The van der Waals surface area contributed by atoms with Gasteiger partial charge in [-0.3, -0.25) is 0 Å². The lowest BCUT2D eigenvalue weighted by Crippen LogP contribution is -2.74. The minimum atomic E-state index is -0.0570. The summed E-state index contributed by atoms with van der Waals surface area (Å²) in [4.78, 5) is 5.63. The highest BCUT2D eigenvalue weighted by atomic mass is 32.2. The van der Waals surface area contributed by atoms with Crippen molar-refractivity contribution in [3.63, 3.8) is 0 Å². The predicted octanol–water partition coefficient (Wildman–Crippen LogP) is 13.6. The molecule has 266 valence electrons. The van der Waals surface area contributed by atoms with Crippen molar-refractivity contribution in [3.8, 4) is 11.1 Å². The Bertz CT molecular complexity index is 2430. The van der Waals surface area contributed by atoms with Gasteiger partial charge in [0, 0.05) is 37.7 Å². The molecule has 1 aliphatic heterocycles. The van der Waals surface area contributed by atoms with Crippen LogP contribution in [0.4, 0.5) is 17.1 Å². The average molecular weight is 710 g/mol. The molecule has 0 amide bonds. The fourth-order valence-electron chi connectivity index (χ4n) is 14.2. The van der Waals surface area contributed by atoms with Gasteiger partial charge in [0.05, 0.1) is 0 Å². The molecule has 0 saturated heterocycles. The minimum absolute atomic E-state index is 0.0570. The van der Waals surface area contributed by atoms with E-state index in [0.717, 1.165) is 23.7 Å². The minimum Gasteiger partial charge on any atom is -0.310 e. The predicted molar refractivity (Wildman–Crippen MR) is 220 cm³/mol. The summed E-state index contributed by atoms with van der Waals surface area (Å²) >= 11 is 2.03. The summed E-state index contributed by atoms with van der Waals surface area (Å²) in [5.74, 6) is 3.50. The lowest BCUT2D eigenvalue weighted by Gasteiger charge is -2.78. The Balaban J connectivity index is 1.08. The fourth-order valence-corrected chi connectivity index (χ4v) is 15.4. The smallest absolute Gasteiger partial charge is 0.0465 e. The molecule has 6 unspecified atom stereocenters. The molecule has 5 aromatic carbocycles. The van der Waals surface area contributed by atoms with Crippen molar-refractivity contribution >= 4 is 28.8 Å². The summed E-state index contributed by atoms with van der Waals surface area (Å²) in [5.41, 5.74) is 16.8. The molecule has 53 heavy (non-hydrogen) atoms. The lowest BCUT2D eigenvalue weighted by atomic mass is 9.26. The van der Waals surface area contributed by atoms with Gasteiger partial charge in [-0.05, 0) is 171 Å². The van der Waals surface area contributed by atoms with Crippen molar-refractivity contribution in [2.75, 3.05) is 4.90 Å². The van der Waals surface area contributed by atoms with Crippen molar-refractivity contribution in [1.29, 1.82) is 0 Å². The molecule has 7 aliphatic rings. The van der Waals surface area contributed by atoms with Crippen LogP contribution in [0.3, 0.4) is 0 Å². The molecule has 1 heterocycles. The summed E-state index contributed by atoms with van der Waals surface area (Å²) < 4.78 is 0. The second-order valence-electron chi connectivity index (χ2n) is 20.1. The molecule has 0 radical (unpaired) electrons. The average Bonchev–Trinajstić information content (AvgIpc) is 3.76. The molecular formula is C51H51NS. The van der Waals surface area contributed by atoms with Crippen LogP contribution in [-0.2, 0) is 21.7 Å². The number of nitrogens with zero attached hydrogens (tertiary/aromatic N) is 1. The summed E-state index contributed by atoms with van der Waals surface area (Å²) in [5, 5.41) is 0. The van der Waals surface area contributed by atoms with Crippen LogP contribution >= 0.6 is 11.8 Å². The molecule has 0 aromatic heterocycles. The molecule has 2 spiro atoms. The van der Waals surface area contributed by atoms with E-state index in [9.17, 15) is 0 Å². The standard InChI is InChI=1S/C51H51NS/c1-47(2)21-22-48(3,4)41-27-33(16-19-38(41)47)52(32-15-18-36-35-11-7-8-12-37(35)49(5,6)40(36)26-32)34-17-20-44-42(28-34)51(39-13-9-10-14-43(39)53-44)45-24-30-23-31-25-46(51)50(31,45)29-30/h7-20,26-28,30-31,45-46H,21-25,29H2,1-6H3. The number of rotatable bonds is 3. The summed E-state index contributed by atoms with van der Waals surface area (Å²) in [6.45, 7) is 14.7. The number of fused-ring (bicyclic) bond motifs is 11. The van der Waals surface area contributed by atoms with Crippen molar-refractivity contribution in [3.05, 3.63) is 137 Å². The van der Waals surface area contributed by atoms with Crippen LogP contribution < -0.4 is 4.90 Å². The topological polar surface area (TPSA) is 3.24 Å². The van der Waals surface area contributed by atoms with Gasteiger partial charge in [-0.15, -0.1) is 0 Å². The monoisotopic (exact) mass is 709 g/mol. The molecule has 4 saturated carbocycles. The first-order valence-electron chi connectivity index (χ1n) is 20.6. The SMILES string of the molecule is CC1(C)CCC(C)(C)c2cc(N(c3ccc4c(c3)C(C)(C)c3ccccc3-4)c3ccc4c(c3)C3(c5ccccc5S4)C4CC5CC6CC3C64C5)ccc21. The van der Waals surface area contributed by atoms with Gasteiger partial charge in [-0.2, -0.15) is 0 Å². The Morgan fingerprint density at radius 1 is 0.528 bits per heavy atom. The van der Waals surface area contributed by atoms with E-state index in [4.69, 9.17) is 0 Å². The van der Waals surface area contributed by atoms with Crippen molar-refractivity contribution < 1.29 is 0 Å². The third kappa shape index (κ3) is 3.69. The Kier molecular flexibility index (Phi) is 5.91. The molecule has 2 heteroatoms. The first kappa shape index (κ1) is 31.6. The first-order chi connectivity index (χ1) is 25.4. The van der Waals surface area contributed by atoms with E-state index in [1.165, 1.54) is 98.8 Å². The maximum Gasteiger partial charge on any atom is 0.0465 e. The van der Waals surface area contributed by atoms with Gasteiger partial charge in [-0.1, -0.05) is 108 Å². The number of benzene rings is 5. The summed E-state index contributed by atoms with van der Waals surface area (Å²) in [6.07, 6.45) is 8.30. The zero-order valence-electron chi connectivity index (χ0n) is 32.2. The van der Waals surface area contributed by atoms with Crippen molar-refractivity contribution in [2.24, 2.45) is 29.1 Å². The molecule has 5 aromatic rings. The Morgan fingerprint density at radius 3 is 1.92 bits per heavy atom. The summed E-state index contributed by atoms with van der Waals surface area (Å²) in [6, 6.07) is 41.1. The van der Waals surface area contributed by atoms with Crippen LogP contribution in [0, 0.1) is 29.1 Å². The van der Waals surface area contributed by atoms with E-state index in [1.54, 1.807) is 11.1 Å². The van der Waals surface area contributed by atoms with E-state index >= 15 is 0 Å². The molecule has 4 fully saturated rings. The van der Waals surface area contributed by atoms with Gasteiger partial charge in [0.2, 0.25) is 0 Å². The van der Waals surface area contributed by atoms with Crippen LogP contribution in [0.1, 0.15) is 113 Å². The highest BCUT2D eigenvalue weighted by Crippen LogP contribution is 2.89. The van der Waals surface area contributed by atoms with E-state index < -0.39 is 0 Å². The Labute approximate surface area is 320 Å². The van der Waals surface area contributed by atoms with Gasteiger partial charge >= 0.3 is 0 Å². The zero-order valence-corrected chi connectivity index (χ0v) is 33.0. The largest absolute Gasteiger partial charge is 0.310 e. The van der Waals surface area contributed by atoms with E-state index in [-0.39, 0.29) is 21.7 Å². The van der Waals surface area contributed by atoms with Gasteiger partial charge in [0.15, 0.2) is 0 Å². The molecule has 2 bridgehead atoms. The molecule has 6 atom stereocenters. The van der Waals surface area contributed by atoms with Gasteiger partial charge in [0.1, 0.15) is 0 Å². The van der Waals surface area contributed by atoms with Crippen molar-refractivity contribution in [1.82, 2.24) is 0 Å². The van der Waals surface area contributed by atoms with Crippen molar-refractivity contribution in [2.45, 2.75) is 112 Å². The van der Waals surface area contributed by atoms with E-state index in [1.807, 2.05) is 11.8 Å². The van der Waals surface area contributed by atoms with Crippen LogP contribution in [0.2, 0.25) is 0 Å². The van der Waals surface area contributed by atoms with Gasteiger partial charge in [-0.25, -0.2) is 0 Å². The van der Waals surface area contributed by atoms with Crippen LogP contribution in [0.5, 0.6) is 0 Å². The Hall–Kier alpha value is -3.75. The number of hydrogen-bond donors (Lipinski definition) is 0. The summed E-state index contributed by atoms with van der Waals surface area (Å²) in [7, 11) is 0. The van der Waals surface area contributed by atoms with Crippen LogP contribution in [-0.4, -0.2) is 0 Å². The maximum atomic E-state index is 2.69. The van der Waals surface area contributed by atoms with E-state index in [2.05, 4.69) is 150 Å². The normalized spacial score (nSPS) is 31.7. The van der Waals surface area contributed by atoms with Crippen LogP contribution in [0.15, 0.2) is 113 Å². The van der Waals surface area contributed by atoms with E-state index in [0.29, 0.717) is 5.41 Å². The van der Waals surface area contributed by atoms with Crippen LogP contribution in [0.25, 0.3) is 11.1 Å². The first-order valence-corrected chi connectivity index (χ1v) is 21.4. The molecule has 1 nitrogen and oxygen atoms in total. The highest BCUT2D eigenvalue weighted by Gasteiger charge is 2.84. The van der Waals surface area contributed by atoms with Gasteiger partial charge in [0.25, 0.3) is 0 Å². The van der Waals surface area contributed by atoms with Gasteiger partial charge < -0.3 is 4.90 Å². The second kappa shape index (κ2) is 9.91. The molecule has 6 aliphatic carbocycles. The lowest BCUT2D eigenvalue weighted by molar-refractivity contribution is -0.235. The third-order valence-electron chi connectivity index (χ3n) is 16.6. The third-order valence-corrected chi connectivity index (χ3v) is 17.8.